The Morgan fingerprint density at radius 1 is 0.838 bits per heavy atom. The van der Waals surface area contributed by atoms with Gasteiger partial charge in [0.2, 0.25) is 0 Å². The van der Waals surface area contributed by atoms with Crippen LogP contribution in [0.1, 0.15) is 134 Å². The van der Waals surface area contributed by atoms with E-state index in [1.807, 2.05) is 24.3 Å². The van der Waals surface area contributed by atoms with Crippen molar-refractivity contribution >= 4 is 5.97 Å². The van der Waals surface area contributed by atoms with E-state index in [9.17, 15) is 4.79 Å². The molecule has 1 unspecified atom stereocenters. The maximum atomic E-state index is 13.5. The Morgan fingerprint density at radius 3 is 1.62 bits per heavy atom. The number of hydrogen-bond donors (Lipinski definition) is 0. The standard InChI is InChI=1S/C26H44O2.C9H16/c1-22(2,3)17-26(13,25(10,11)12)21(27)28-20-15-18(23(4,5)6)14-19(16-20)24(7,8)9;1-4-5-6-7-8-9(2)3/h14-16H,17H2,1-13H3;4-6,9H,1,7-8H2,2-3H3/b;6-5+. The lowest BCUT2D eigenvalue weighted by Gasteiger charge is -2.43. The number of allylic oxidation sites excluding steroid dienone is 3. The molecule has 212 valence electrons. The van der Waals surface area contributed by atoms with E-state index in [1.54, 1.807) is 0 Å². The summed E-state index contributed by atoms with van der Waals surface area (Å²) in [6, 6.07) is 6.32. The Balaban J connectivity index is 0.00000122. The van der Waals surface area contributed by atoms with Gasteiger partial charge in [0, 0.05) is 0 Å². The molecule has 0 saturated heterocycles. The molecule has 1 atom stereocenters. The van der Waals surface area contributed by atoms with Crippen molar-refractivity contribution in [3.05, 3.63) is 54.1 Å². The van der Waals surface area contributed by atoms with Gasteiger partial charge in [0.05, 0.1) is 5.41 Å². The summed E-state index contributed by atoms with van der Waals surface area (Å²) in [5, 5.41) is 0. The average molecular weight is 513 g/mol. The zero-order valence-corrected chi connectivity index (χ0v) is 27.2. The first-order valence-corrected chi connectivity index (χ1v) is 14.1. The van der Waals surface area contributed by atoms with Gasteiger partial charge in [0.15, 0.2) is 0 Å². The van der Waals surface area contributed by atoms with Crippen LogP contribution in [0.4, 0.5) is 0 Å². The molecule has 0 aliphatic heterocycles. The van der Waals surface area contributed by atoms with Gasteiger partial charge >= 0.3 is 5.97 Å². The Morgan fingerprint density at radius 2 is 1.30 bits per heavy atom. The molecule has 2 heteroatoms. The third-order valence-corrected chi connectivity index (χ3v) is 7.02. The Kier molecular flexibility index (Phi) is 12.6. The summed E-state index contributed by atoms with van der Waals surface area (Å²) in [5.41, 5.74) is 1.61. The molecule has 37 heavy (non-hydrogen) atoms. The number of benzene rings is 1. The molecule has 1 aromatic carbocycles. The van der Waals surface area contributed by atoms with Crippen LogP contribution >= 0.6 is 0 Å². The van der Waals surface area contributed by atoms with Gasteiger partial charge in [-0.25, -0.2) is 0 Å². The Labute approximate surface area is 231 Å². The number of rotatable bonds is 7. The molecule has 0 saturated carbocycles. The lowest BCUT2D eigenvalue weighted by molar-refractivity contribution is -0.154. The number of esters is 1. The molecular formula is C35H60O2. The average Bonchev–Trinajstić information content (AvgIpc) is 2.68. The first-order chi connectivity index (χ1) is 16.4. The maximum absolute atomic E-state index is 13.5. The summed E-state index contributed by atoms with van der Waals surface area (Å²) >= 11 is 0. The van der Waals surface area contributed by atoms with E-state index in [4.69, 9.17) is 4.74 Å². The van der Waals surface area contributed by atoms with Crippen LogP contribution in [-0.4, -0.2) is 5.97 Å². The molecular weight excluding hydrogens is 452 g/mol. The molecule has 0 bridgehead atoms. The summed E-state index contributed by atoms with van der Waals surface area (Å²) in [4.78, 5) is 13.5. The van der Waals surface area contributed by atoms with Crippen molar-refractivity contribution in [1.29, 1.82) is 0 Å². The topological polar surface area (TPSA) is 26.3 Å². The van der Waals surface area contributed by atoms with Crippen molar-refractivity contribution < 1.29 is 9.53 Å². The minimum atomic E-state index is -0.578. The summed E-state index contributed by atoms with van der Waals surface area (Å²) in [6.45, 7) is 36.2. The second kappa shape index (κ2) is 13.3. The molecule has 1 aromatic rings. The molecule has 0 aromatic heterocycles. The summed E-state index contributed by atoms with van der Waals surface area (Å²) in [6.07, 6.45) is 9.22. The van der Waals surface area contributed by atoms with Crippen LogP contribution in [0, 0.1) is 22.2 Å². The highest BCUT2D eigenvalue weighted by atomic mass is 16.5. The van der Waals surface area contributed by atoms with Crippen LogP contribution in [0.25, 0.3) is 0 Å². The predicted molar refractivity (Wildman–Crippen MR) is 165 cm³/mol. The molecule has 1 rings (SSSR count). The van der Waals surface area contributed by atoms with Crippen LogP contribution < -0.4 is 4.74 Å². The van der Waals surface area contributed by atoms with Crippen molar-refractivity contribution in [2.24, 2.45) is 22.2 Å². The van der Waals surface area contributed by atoms with E-state index < -0.39 is 5.41 Å². The van der Waals surface area contributed by atoms with Gasteiger partial charge in [-0.2, -0.15) is 0 Å². The second-order valence-electron chi connectivity index (χ2n) is 15.6. The molecule has 0 radical (unpaired) electrons. The number of hydrogen-bond acceptors (Lipinski definition) is 2. The van der Waals surface area contributed by atoms with Crippen LogP contribution in [0.5, 0.6) is 5.75 Å². The van der Waals surface area contributed by atoms with Crippen molar-refractivity contribution in [3.63, 3.8) is 0 Å². The largest absolute Gasteiger partial charge is 0.426 e. The highest BCUT2D eigenvalue weighted by Gasteiger charge is 2.48. The SMILES string of the molecule is C=C/C=C/CCC(C)C.CC(C)(C)CC(C)(C(=O)Oc1cc(C(C)(C)C)cc(C(C)(C)C)c1)C(C)(C)C. The van der Waals surface area contributed by atoms with E-state index in [2.05, 4.69) is 123 Å². The van der Waals surface area contributed by atoms with E-state index in [0.29, 0.717) is 5.75 Å². The van der Waals surface area contributed by atoms with Gasteiger partial charge in [0.1, 0.15) is 5.75 Å². The molecule has 2 nitrogen and oxygen atoms in total. The van der Waals surface area contributed by atoms with Gasteiger partial charge in [-0.15, -0.1) is 0 Å². The minimum absolute atomic E-state index is 0.0127. The molecule has 0 aliphatic rings. The monoisotopic (exact) mass is 512 g/mol. The van der Waals surface area contributed by atoms with Crippen LogP contribution in [-0.2, 0) is 15.6 Å². The third-order valence-electron chi connectivity index (χ3n) is 7.02. The smallest absolute Gasteiger partial charge is 0.317 e. The van der Waals surface area contributed by atoms with Gasteiger partial charge in [0.25, 0.3) is 0 Å². The first-order valence-electron chi connectivity index (χ1n) is 14.1. The van der Waals surface area contributed by atoms with E-state index >= 15 is 0 Å². The van der Waals surface area contributed by atoms with E-state index in [-0.39, 0.29) is 27.6 Å². The van der Waals surface area contributed by atoms with Gasteiger partial charge in [-0.3, -0.25) is 4.79 Å². The van der Waals surface area contributed by atoms with Gasteiger partial charge in [-0.1, -0.05) is 128 Å². The molecule has 0 N–H and O–H groups in total. The molecule has 0 fully saturated rings. The van der Waals surface area contributed by atoms with E-state index in [1.165, 1.54) is 24.0 Å². The minimum Gasteiger partial charge on any atom is -0.426 e. The molecule has 0 spiro atoms. The van der Waals surface area contributed by atoms with Crippen molar-refractivity contribution in [1.82, 2.24) is 0 Å². The summed E-state index contributed by atoms with van der Waals surface area (Å²) in [5.74, 6) is 1.34. The zero-order valence-electron chi connectivity index (χ0n) is 27.2. The van der Waals surface area contributed by atoms with Crippen molar-refractivity contribution in [2.75, 3.05) is 0 Å². The fourth-order valence-corrected chi connectivity index (χ4v) is 4.07. The highest BCUT2D eigenvalue weighted by Crippen LogP contribution is 2.47. The van der Waals surface area contributed by atoms with E-state index in [0.717, 1.165) is 12.3 Å². The Hall–Kier alpha value is -1.83. The van der Waals surface area contributed by atoms with Crippen molar-refractivity contribution in [2.45, 2.75) is 134 Å². The fourth-order valence-electron chi connectivity index (χ4n) is 4.07. The van der Waals surface area contributed by atoms with Crippen molar-refractivity contribution in [3.8, 4) is 5.75 Å². The van der Waals surface area contributed by atoms with Crippen LogP contribution in [0.15, 0.2) is 43.0 Å². The highest BCUT2D eigenvalue weighted by molar-refractivity contribution is 5.80. The third kappa shape index (κ3) is 12.5. The molecule has 0 amide bonds. The Bertz CT molecular complexity index is 857. The number of ether oxygens (including phenoxy) is 1. The fraction of sp³-hybridized carbons (Fsp3) is 0.686. The zero-order chi connectivity index (χ0) is 29.5. The number of carbonyl (C=O) groups is 1. The normalized spacial score (nSPS) is 14.7. The lowest BCUT2D eigenvalue weighted by Crippen LogP contribution is -2.45. The summed E-state index contributed by atoms with van der Waals surface area (Å²) in [7, 11) is 0. The van der Waals surface area contributed by atoms with Crippen LogP contribution in [0.2, 0.25) is 0 Å². The lowest BCUT2D eigenvalue weighted by atomic mass is 9.61. The predicted octanol–water partition coefficient (Wildman–Crippen LogP) is 10.8. The summed E-state index contributed by atoms with van der Waals surface area (Å²) < 4.78 is 6.08. The van der Waals surface area contributed by atoms with Gasteiger partial charge in [-0.05, 0) is 77.0 Å². The first kappa shape index (κ1) is 35.2. The maximum Gasteiger partial charge on any atom is 0.317 e. The van der Waals surface area contributed by atoms with Gasteiger partial charge < -0.3 is 4.74 Å². The molecule has 0 aliphatic carbocycles. The quantitative estimate of drug-likeness (QED) is 0.206. The second-order valence-corrected chi connectivity index (χ2v) is 15.6. The number of carbonyl (C=O) groups excluding carboxylic acids is 1. The van der Waals surface area contributed by atoms with Crippen LogP contribution in [0.3, 0.4) is 0 Å². The molecule has 0 heterocycles.